The van der Waals surface area contributed by atoms with Crippen LogP contribution in [-0.2, 0) is 12.7 Å². The molecule has 1 N–H and O–H groups in total. The van der Waals surface area contributed by atoms with Gasteiger partial charge in [-0.25, -0.2) is 0 Å². The SMILES string of the molecule is Cl.FC(F)(F)c1ccc(CN2CCNCC2c2ccncc2)s1. The molecule has 2 aromatic heterocycles. The largest absolute Gasteiger partial charge is 0.425 e. The first-order valence-corrected chi connectivity index (χ1v) is 7.86. The van der Waals surface area contributed by atoms with Crippen LogP contribution >= 0.6 is 23.7 Å². The molecule has 1 unspecified atom stereocenters. The first-order chi connectivity index (χ1) is 10.5. The maximum absolute atomic E-state index is 12.7. The van der Waals surface area contributed by atoms with Gasteiger partial charge in [0.05, 0.1) is 0 Å². The van der Waals surface area contributed by atoms with Crippen LogP contribution in [0.25, 0.3) is 0 Å². The van der Waals surface area contributed by atoms with Gasteiger partial charge in [0.2, 0.25) is 0 Å². The number of rotatable bonds is 3. The fourth-order valence-electron chi connectivity index (χ4n) is 2.67. The molecular weight excluding hydrogens is 347 g/mol. The Morgan fingerprint density at radius 1 is 1.22 bits per heavy atom. The van der Waals surface area contributed by atoms with Gasteiger partial charge in [-0.15, -0.1) is 23.7 Å². The molecule has 0 radical (unpaired) electrons. The van der Waals surface area contributed by atoms with Crippen LogP contribution in [0.1, 0.15) is 21.4 Å². The maximum atomic E-state index is 12.7. The Kier molecular flexibility index (Phi) is 6.02. The van der Waals surface area contributed by atoms with E-state index in [9.17, 15) is 13.2 Å². The van der Waals surface area contributed by atoms with Gasteiger partial charge in [-0.2, -0.15) is 13.2 Å². The molecule has 0 amide bonds. The molecule has 1 aliphatic rings. The Labute approximate surface area is 142 Å². The average Bonchev–Trinajstić information content (AvgIpc) is 2.97. The van der Waals surface area contributed by atoms with Gasteiger partial charge in [-0.1, -0.05) is 0 Å². The van der Waals surface area contributed by atoms with Gasteiger partial charge in [0, 0.05) is 49.5 Å². The smallest absolute Gasteiger partial charge is 0.314 e. The summed E-state index contributed by atoms with van der Waals surface area (Å²) in [6, 6.07) is 6.83. The molecular formula is C15H17ClF3N3S. The highest BCUT2D eigenvalue weighted by Crippen LogP contribution is 2.35. The molecule has 1 saturated heterocycles. The van der Waals surface area contributed by atoms with E-state index in [2.05, 4.69) is 15.2 Å². The molecule has 1 fully saturated rings. The summed E-state index contributed by atoms with van der Waals surface area (Å²) in [6.07, 6.45) is -0.763. The second-order valence-corrected chi connectivity index (χ2v) is 6.40. The molecule has 0 aromatic carbocycles. The standard InChI is InChI=1S/C15H16F3N3S.ClH/c16-15(17,18)14-2-1-12(22-14)10-21-8-7-20-9-13(21)11-3-5-19-6-4-11;/h1-6,13,20H,7-10H2;1H. The van der Waals surface area contributed by atoms with E-state index in [1.807, 2.05) is 12.1 Å². The van der Waals surface area contributed by atoms with Gasteiger partial charge in [0.1, 0.15) is 4.88 Å². The maximum Gasteiger partial charge on any atom is 0.425 e. The van der Waals surface area contributed by atoms with Gasteiger partial charge in [-0.05, 0) is 29.8 Å². The summed E-state index contributed by atoms with van der Waals surface area (Å²) in [7, 11) is 0. The predicted octanol–water partition coefficient (Wildman–Crippen LogP) is 3.73. The van der Waals surface area contributed by atoms with Crippen molar-refractivity contribution in [3.8, 4) is 0 Å². The minimum absolute atomic E-state index is 0. The van der Waals surface area contributed by atoms with E-state index in [-0.39, 0.29) is 18.4 Å². The van der Waals surface area contributed by atoms with Crippen LogP contribution in [0.2, 0.25) is 0 Å². The molecule has 0 bridgehead atoms. The number of piperazine rings is 1. The van der Waals surface area contributed by atoms with E-state index in [1.165, 1.54) is 6.07 Å². The number of thiophene rings is 1. The van der Waals surface area contributed by atoms with E-state index in [4.69, 9.17) is 0 Å². The lowest BCUT2D eigenvalue weighted by molar-refractivity contribution is -0.134. The van der Waals surface area contributed by atoms with Crippen molar-refractivity contribution in [1.29, 1.82) is 0 Å². The number of pyridine rings is 1. The van der Waals surface area contributed by atoms with Crippen LogP contribution in [-0.4, -0.2) is 29.5 Å². The zero-order chi connectivity index (χ0) is 15.6. The Morgan fingerprint density at radius 3 is 2.61 bits per heavy atom. The van der Waals surface area contributed by atoms with Gasteiger partial charge in [0.25, 0.3) is 0 Å². The van der Waals surface area contributed by atoms with Crippen LogP contribution in [0.3, 0.4) is 0 Å². The summed E-state index contributed by atoms with van der Waals surface area (Å²) in [5, 5.41) is 3.34. The molecule has 126 valence electrons. The van der Waals surface area contributed by atoms with Crippen LogP contribution in [0, 0.1) is 0 Å². The number of nitrogens with one attached hydrogen (secondary N) is 1. The second kappa shape index (κ2) is 7.61. The lowest BCUT2D eigenvalue weighted by Gasteiger charge is -2.36. The Balaban J connectivity index is 0.00000192. The van der Waals surface area contributed by atoms with Gasteiger partial charge >= 0.3 is 6.18 Å². The number of nitrogens with zero attached hydrogens (tertiary/aromatic N) is 2. The van der Waals surface area contributed by atoms with Crippen molar-refractivity contribution in [3.05, 3.63) is 52.0 Å². The number of alkyl halides is 3. The van der Waals surface area contributed by atoms with Crippen LogP contribution in [0.4, 0.5) is 13.2 Å². The zero-order valence-electron chi connectivity index (χ0n) is 12.2. The minimum atomic E-state index is -4.25. The Bertz CT molecular complexity index is 618. The minimum Gasteiger partial charge on any atom is -0.314 e. The molecule has 2 aromatic rings. The highest BCUT2D eigenvalue weighted by molar-refractivity contribution is 7.12. The molecule has 8 heteroatoms. The first-order valence-electron chi connectivity index (χ1n) is 7.04. The van der Waals surface area contributed by atoms with E-state index < -0.39 is 11.1 Å². The van der Waals surface area contributed by atoms with Gasteiger partial charge in [0.15, 0.2) is 0 Å². The second-order valence-electron chi connectivity index (χ2n) is 5.23. The third kappa shape index (κ3) is 4.44. The van der Waals surface area contributed by atoms with E-state index in [0.717, 1.165) is 41.4 Å². The van der Waals surface area contributed by atoms with Crippen LogP contribution < -0.4 is 5.32 Å². The van der Waals surface area contributed by atoms with Crippen molar-refractivity contribution in [1.82, 2.24) is 15.2 Å². The fourth-order valence-corrected chi connectivity index (χ4v) is 3.57. The van der Waals surface area contributed by atoms with Crippen molar-refractivity contribution in [2.45, 2.75) is 18.8 Å². The summed E-state index contributed by atoms with van der Waals surface area (Å²) in [5.74, 6) is 0. The van der Waals surface area contributed by atoms with Crippen LogP contribution in [0.15, 0.2) is 36.7 Å². The topological polar surface area (TPSA) is 28.2 Å². The highest BCUT2D eigenvalue weighted by atomic mass is 35.5. The zero-order valence-corrected chi connectivity index (χ0v) is 13.8. The molecule has 0 spiro atoms. The first kappa shape index (κ1) is 18.2. The monoisotopic (exact) mass is 363 g/mol. The molecule has 3 nitrogen and oxygen atoms in total. The number of hydrogen-bond acceptors (Lipinski definition) is 4. The fraction of sp³-hybridized carbons (Fsp3) is 0.400. The lowest BCUT2D eigenvalue weighted by Crippen LogP contribution is -2.45. The number of halogens is 4. The summed E-state index contributed by atoms with van der Waals surface area (Å²) in [5.41, 5.74) is 1.13. The highest BCUT2D eigenvalue weighted by Gasteiger charge is 2.33. The third-order valence-electron chi connectivity index (χ3n) is 3.75. The number of aromatic nitrogens is 1. The molecule has 0 saturated carbocycles. The molecule has 23 heavy (non-hydrogen) atoms. The van der Waals surface area contributed by atoms with Crippen molar-refractivity contribution in [2.24, 2.45) is 0 Å². The van der Waals surface area contributed by atoms with Gasteiger partial charge in [-0.3, -0.25) is 9.88 Å². The van der Waals surface area contributed by atoms with E-state index in [1.54, 1.807) is 18.5 Å². The molecule has 3 heterocycles. The van der Waals surface area contributed by atoms with Crippen molar-refractivity contribution >= 4 is 23.7 Å². The van der Waals surface area contributed by atoms with Crippen molar-refractivity contribution < 1.29 is 13.2 Å². The molecule has 1 atom stereocenters. The van der Waals surface area contributed by atoms with Crippen molar-refractivity contribution in [2.75, 3.05) is 19.6 Å². The molecule has 1 aliphatic heterocycles. The Morgan fingerprint density at radius 2 is 1.96 bits per heavy atom. The predicted molar refractivity (Wildman–Crippen MR) is 86.8 cm³/mol. The lowest BCUT2D eigenvalue weighted by atomic mass is 10.0. The summed E-state index contributed by atoms with van der Waals surface area (Å²) in [4.78, 5) is 6.45. The number of hydrogen-bond donors (Lipinski definition) is 1. The summed E-state index contributed by atoms with van der Waals surface area (Å²) < 4.78 is 38.1. The third-order valence-corrected chi connectivity index (χ3v) is 4.86. The quantitative estimate of drug-likeness (QED) is 0.900. The average molecular weight is 364 g/mol. The normalized spacial score (nSPS) is 19.3. The van der Waals surface area contributed by atoms with Crippen LogP contribution in [0.5, 0.6) is 0 Å². The summed E-state index contributed by atoms with van der Waals surface area (Å²) >= 11 is 0.831. The summed E-state index contributed by atoms with van der Waals surface area (Å²) in [6.45, 7) is 2.99. The molecule has 3 rings (SSSR count). The van der Waals surface area contributed by atoms with Crippen molar-refractivity contribution in [3.63, 3.8) is 0 Å². The van der Waals surface area contributed by atoms with E-state index >= 15 is 0 Å². The Hall–Kier alpha value is -1.15. The van der Waals surface area contributed by atoms with E-state index in [0.29, 0.717) is 6.54 Å². The van der Waals surface area contributed by atoms with Gasteiger partial charge < -0.3 is 5.32 Å². The molecule has 0 aliphatic carbocycles.